The van der Waals surface area contributed by atoms with Gasteiger partial charge in [0.15, 0.2) is 9.84 Å². The maximum atomic E-state index is 11.1. The Kier molecular flexibility index (Phi) is 3.94. The summed E-state index contributed by atoms with van der Waals surface area (Å²) in [4.78, 5) is 0. The lowest BCUT2D eigenvalue weighted by Gasteiger charge is -2.08. The molecule has 0 aromatic carbocycles. The average molecular weight is 268 g/mol. The van der Waals surface area contributed by atoms with Crippen molar-refractivity contribution in [3.05, 3.63) is 11.1 Å². The Morgan fingerprint density at radius 2 is 2.31 bits per heavy atom. The third-order valence-electron chi connectivity index (χ3n) is 2.08. The molecule has 1 aliphatic rings. The molecule has 0 amide bonds. The first-order valence-corrected chi connectivity index (χ1v) is 6.85. The van der Waals surface area contributed by atoms with Gasteiger partial charge in [-0.25, -0.2) is 8.42 Å². The molecule has 5 heteroatoms. The van der Waals surface area contributed by atoms with Gasteiger partial charge in [-0.1, -0.05) is 22.5 Å². The van der Waals surface area contributed by atoms with Gasteiger partial charge in [0.05, 0.1) is 11.5 Å². The minimum atomic E-state index is -2.72. The zero-order valence-corrected chi connectivity index (χ0v) is 9.83. The van der Waals surface area contributed by atoms with Crippen LogP contribution in [0.5, 0.6) is 0 Å². The van der Waals surface area contributed by atoms with Crippen molar-refractivity contribution >= 4 is 25.8 Å². The molecule has 76 valence electrons. The van der Waals surface area contributed by atoms with Crippen LogP contribution in [0.15, 0.2) is 11.1 Å². The summed E-state index contributed by atoms with van der Waals surface area (Å²) in [7, 11) is -2.72. The van der Waals surface area contributed by atoms with Crippen LogP contribution in [0.25, 0.3) is 0 Å². The highest BCUT2D eigenvalue weighted by Crippen LogP contribution is 2.17. The molecule has 1 unspecified atom stereocenters. The van der Waals surface area contributed by atoms with E-state index in [4.69, 9.17) is 0 Å². The van der Waals surface area contributed by atoms with E-state index >= 15 is 0 Å². The summed E-state index contributed by atoms with van der Waals surface area (Å²) in [6.07, 6.45) is 0.796. The lowest BCUT2D eigenvalue weighted by molar-refractivity contribution is 0.539. The monoisotopic (exact) mass is 267 g/mol. The fourth-order valence-electron chi connectivity index (χ4n) is 1.44. The number of sulfone groups is 1. The maximum absolute atomic E-state index is 11.1. The van der Waals surface area contributed by atoms with E-state index in [0.29, 0.717) is 18.1 Å². The summed E-state index contributed by atoms with van der Waals surface area (Å²) in [5, 5.41) is 3.15. The highest BCUT2D eigenvalue weighted by molar-refractivity contribution is 9.11. The average Bonchev–Trinajstić information content (AvgIpc) is 2.29. The summed E-state index contributed by atoms with van der Waals surface area (Å²) in [6, 6.07) is 0. The largest absolute Gasteiger partial charge is 0.312 e. The van der Waals surface area contributed by atoms with Gasteiger partial charge in [0.2, 0.25) is 0 Å². The molecule has 3 nitrogen and oxygen atoms in total. The molecule has 0 aromatic heterocycles. The highest BCUT2D eigenvalue weighted by Gasteiger charge is 2.27. The van der Waals surface area contributed by atoms with Crippen molar-refractivity contribution in [2.75, 3.05) is 24.6 Å². The standard InChI is InChI=1S/C8H14BrNO2S/c1-7(9)4-10-5-8-2-3-13(11,12)6-8/h8,10H,1-6H2. The Morgan fingerprint density at radius 3 is 2.77 bits per heavy atom. The van der Waals surface area contributed by atoms with E-state index in [1.54, 1.807) is 0 Å². The molecular formula is C8H14BrNO2S. The number of halogens is 1. The van der Waals surface area contributed by atoms with Crippen LogP contribution in [0.4, 0.5) is 0 Å². The van der Waals surface area contributed by atoms with Gasteiger partial charge in [-0.15, -0.1) is 0 Å². The minimum absolute atomic E-state index is 0.289. The smallest absolute Gasteiger partial charge is 0.150 e. The first kappa shape index (κ1) is 11.2. The van der Waals surface area contributed by atoms with E-state index in [-0.39, 0.29) is 5.92 Å². The second-order valence-electron chi connectivity index (χ2n) is 3.42. The Labute approximate surface area is 87.6 Å². The van der Waals surface area contributed by atoms with E-state index in [2.05, 4.69) is 27.8 Å². The van der Waals surface area contributed by atoms with Crippen molar-refractivity contribution in [1.29, 1.82) is 0 Å². The molecule has 1 fully saturated rings. The van der Waals surface area contributed by atoms with Crippen LogP contribution in [0, 0.1) is 5.92 Å². The van der Waals surface area contributed by atoms with Crippen molar-refractivity contribution in [2.24, 2.45) is 5.92 Å². The van der Waals surface area contributed by atoms with Crippen LogP contribution in [-0.2, 0) is 9.84 Å². The highest BCUT2D eigenvalue weighted by atomic mass is 79.9. The van der Waals surface area contributed by atoms with Crippen LogP contribution >= 0.6 is 15.9 Å². The van der Waals surface area contributed by atoms with Crippen LogP contribution in [0.3, 0.4) is 0 Å². The molecule has 1 rings (SSSR count). The predicted octanol–water partition coefficient (Wildman–Crippen LogP) is 0.919. The van der Waals surface area contributed by atoms with Crippen LogP contribution < -0.4 is 5.32 Å². The van der Waals surface area contributed by atoms with Crippen LogP contribution in [0.1, 0.15) is 6.42 Å². The maximum Gasteiger partial charge on any atom is 0.150 e. The normalized spacial score (nSPS) is 26.1. The molecule has 0 bridgehead atoms. The van der Waals surface area contributed by atoms with Crippen molar-refractivity contribution in [1.82, 2.24) is 5.32 Å². The second kappa shape index (κ2) is 4.57. The van der Waals surface area contributed by atoms with E-state index in [9.17, 15) is 8.42 Å². The van der Waals surface area contributed by atoms with Gasteiger partial charge in [-0.05, 0) is 18.9 Å². The third kappa shape index (κ3) is 4.24. The van der Waals surface area contributed by atoms with Gasteiger partial charge in [0.1, 0.15) is 0 Å². The molecule has 1 saturated heterocycles. The molecular weight excluding hydrogens is 254 g/mol. The lowest BCUT2D eigenvalue weighted by Crippen LogP contribution is -2.24. The molecule has 1 N–H and O–H groups in total. The molecule has 1 aliphatic heterocycles. The summed E-state index contributed by atoms with van der Waals surface area (Å²) in [5.74, 6) is 0.987. The van der Waals surface area contributed by atoms with E-state index in [0.717, 1.165) is 17.4 Å². The number of nitrogens with one attached hydrogen (secondary N) is 1. The topological polar surface area (TPSA) is 46.2 Å². The molecule has 1 atom stereocenters. The van der Waals surface area contributed by atoms with Crippen LogP contribution in [-0.4, -0.2) is 33.0 Å². The number of rotatable bonds is 4. The van der Waals surface area contributed by atoms with E-state index in [1.807, 2.05) is 0 Å². The van der Waals surface area contributed by atoms with E-state index in [1.165, 1.54) is 0 Å². The van der Waals surface area contributed by atoms with Crippen molar-refractivity contribution in [3.8, 4) is 0 Å². The molecule has 0 saturated carbocycles. The summed E-state index contributed by atoms with van der Waals surface area (Å²) in [6.45, 7) is 5.16. The number of hydrogen-bond donors (Lipinski definition) is 1. The van der Waals surface area contributed by atoms with Gasteiger partial charge in [0.25, 0.3) is 0 Å². The number of hydrogen-bond acceptors (Lipinski definition) is 3. The predicted molar refractivity (Wildman–Crippen MR) is 57.7 cm³/mol. The lowest BCUT2D eigenvalue weighted by atomic mass is 10.1. The molecule has 1 heterocycles. The first-order valence-electron chi connectivity index (χ1n) is 4.24. The minimum Gasteiger partial charge on any atom is -0.312 e. The van der Waals surface area contributed by atoms with Crippen molar-refractivity contribution < 1.29 is 8.42 Å². The fraction of sp³-hybridized carbons (Fsp3) is 0.750. The quantitative estimate of drug-likeness (QED) is 0.824. The first-order chi connectivity index (χ1) is 5.99. The summed E-state index contributed by atoms with van der Waals surface area (Å²) < 4.78 is 23.1. The van der Waals surface area contributed by atoms with Crippen molar-refractivity contribution in [3.63, 3.8) is 0 Å². The summed E-state index contributed by atoms with van der Waals surface area (Å²) >= 11 is 3.23. The van der Waals surface area contributed by atoms with Gasteiger partial charge in [-0.2, -0.15) is 0 Å². The third-order valence-corrected chi connectivity index (χ3v) is 4.19. The van der Waals surface area contributed by atoms with Crippen LogP contribution in [0.2, 0.25) is 0 Å². The van der Waals surface area contributed by atoms with Gasteiger partial charge in [-0.3, -0.25) is 0 Å². The molecule has 0 radical (unpaired) electrons. The molecule has 13 heavy (non-hydrogen) atoms. The van der Waals surface area contributed by atoms with Gasteiger partial charge >= 0.3 is 0 Å². The Hall–Kier alpha value is 0.130. The zero-order valence-electron chi connectivity index (χ0n) is 7.42. The van der Waals surface area contributed by atoms with Gasteiger partial charge in [0, 0.05) is 11.0 Å². The fourth-order valence-corrected chi connectivity index (χ4v) is 3.51. The van der Waals surface area contributed by atoms with Gasteiger partial charge < -0.3 is 5.32 Å². The Morgan fingerprint density at radius 1 is 1.62 bits per heavy atom. The Bertz CT molecular complexity index is 287. The SMILES string of the molecule is C=C(Br)CNCC1CCS(=O)(=O)C1. The zero-order chi connectivity index (χ0) is 9.90. The molecule has 0 aromatic rings. The molecule has 0 spiro atoms. The second-order valence-corrected chi connectivity index (χ2v) is 6.77. The Balaban J connectivity index is 2.22. The summed E-state index contributed by atoms with van der Waals surface area (Å²) in [5.41, 5.74) is 0. The molecule has 0 aliphatic carbocycles. The van der Waals surface area contributed by atoms with E-state index < -0.39 is 9.84 Å². The van der Waals surface area contributed by atoms with Crippen molar-refractivity contribution in [2.45, 2.75) is 6.42 Å².